The molecule has 0 spiro atoms. The number of methoxy groups -OCH3 is 1. The fourth-order valence-corrected chi connectivity index (χ4v) is 2.09. The first kappa shape index (κ1) is 22.0. The molecule has 0 aromatic heterocycles. The number of nitrogens with one attached hydrogen (secondary N) is 2. The quantitative estimate of drug-likeness (QED) is 0.288. The van der Waals surface area contributed by atoms with Crippen LogP contribution in [0, 0.1) is 5.92 Å². The maximum atomic E-state index is 11.4. The van der Waals surface area contributed by atoms with Gasteiger partial charge in [-0.1, -0.05) is 36.7 Å². The summed E-state index contributed by atoms with van der Waals surface area (Å²) in [5.74, 6) is 0.171. The number of benzene rings is 1. The number of ether oxygens (including phenoxy) is 1. The molecule has 0 aliphatic rings. The van der Waals surface area contributed by atoms with Crippen LogP contribution >= 0.6 is 35.6 Å². The summed E-state index contributed by atoms with van der Waals surface area (Å²) in [7, 11) is 1.38. The van der Waals surface area contributed by atoms with E-state index in [1.807, 2.05) is 31.2 Å². The topological polar surface area (TPSA) is 62.7 Å². The third-order valence-electron chi connectivity index (χ3n) is 3.12. The Hall–Kier alpha value is -1.02. The van der Waals surface area contributed by atoms with Crippen molar-refractivity contribution in [3.8, 4) is 0 Å². The van der Waals surface area contributed by atoms with Crippen LogP contribution < -0.4 is 10.6 Å². The van der Waals surface area contributed by atoms with Crippen LogP contribution in [0.2, 0.25) is 5.02 Å². The number of carbonyl (C=O) groups excluding carboxylic acids is 1. The molecule has 0 saturated carbocycles. The zero-order valence-corrected chi connectivity index (χ0v) is 16.9. The zero-order valence-electron chi connectivity index (χ0n) is 13.8. The molecule has 130 valence electrons. The predicted molar refractivity (Wildman–Crippen MR) is 106 cm³/mol. The van der Waals surface area contributed by atoms with Gasteiger partial charge in [0.1, 0.15) is 0 Å². The molecule has 0 bridgehead atoms. The molecule has 1 rings (SSSR count). The number of hydrogen-bond acceptors (Lipinski definition) is 3. The van der Waals surface area contributed by atoms with Gasteiger partial charge in [0.2, 0.25) is 0 Å². The summed E-state index contributed by atoms with van der Waals surface area (Å²) in [6.07, 6.45) is 0.802. The summed E-state index contributed by atoms with van der Waals surface area (Å²) in [6.45, 7) is 5.64. The third-order valence-corrected chi connectivity index (χ3v) is 3.48. The summed E-state index contributed by atoms with van der Waals surface area (Å²) in [5.41, 5.74) is 1.09. The minimum absolute atomic E-state index is 0. The van der Waals surface area contributed by atoms with E-state index in [1.165, 1.54) is 7.11 Å². The minimum Gasteiger partial charge on any atom is -0.469 e. The Morgan fingerprint density at radius 2 is 2.04 bits per heavy atom. The van der Waals surface area contributed by atoms with E-state index < -0.39 is 0 Å². The first-order chi connectivity index (χ1) is 10.6. The first-order valence-corrected chi connectivity index (χ1v) is 7.79. The Balaban J connectivity index is 0.00000484. The van der Waals surface area contributed by atoms with Crippen LogP contribution in [0.25, 0.3) is 0 Å². The van der Waals surface area contributed by atoms with Crippen molar-refractivity contribution in [1.82, 2.24) is 10.6 Å². The molecule has 0 aliphatic carbocycles. The van der Waals surface area contributed by atoms with E-state index in [1.54, 1.807) is 6.92 Å². The summed E-state index contributed by atoms with van der Waals surface area (Å²) in [5, 5.41) is 7.16. The number of aliphatic imine (C=N–C) groups is 1. The van der Waals surface area contributed by atoms with Gasteiger partial charge in [-0.2, -0.15) is 0 Å². The molecule has 1 unspecified atom stereocenters. The molecular formula is C16H25ClIN3O2. The summed E-state index contributed by atoms with van der Waals surface area (Å²) in [6, 6.07) is 7.78. The third kappa shape index (κ3) is 8.41. The van der Waals surface area contributed by atoms with Crippen molar-refractivity contribution in [2.75, 3.05) is 26.7 Å². The van der Waals surface area contributed by atoms with Gasteiger partial charge in [0.15, 0.2) is 5.96 Å². The van der Waals surface area contributed by atoms with Gasteiger partial charge in [-0.3, -0.25) is 9.79 Å². The van der Waals surface area contributed by atoms with E-state index in [0.717, 1.165) is 23.6 Å². The van der Waals surface area contributed by atoms with Crippen molar-refractivity contribution in [2.45, 2.75) is 20.3 Å². The molecule has 0 heterocycles. The second kappa shape index (κ2) is 12.4. The standard InChI is InChI=1S/C16H24ClN3O2.HI/c1-4-18-16(20-11-12(2)15(21)22-3)19-10-9-13-7-5-6-8-14(13)17;/h5-8,12H,4,9-11H2,1-3H3,(H2,18,19,20);1H. The molecule has 0 fully saturated rings. The molecule has 0 saturated heterocycles. The van der Waals surface area contributed by atoms with Crippen molar-refractivity contribution < 1.29 is 9.53 Å². The molecule has 23 heavy (non-hydrogen) atoms. The van der Waals surface area contributed by atoms with Gasteiger partial charge in [0.05, 0.1) is 19.6 Å². The maximum absolute atomic E-state index is 11.4. The van der Waals surface area contributed by atoms with E-state index in [-0.39, 0.29) is 35.9 Å². The van der Waals surface area contributed by atoms with Gasteiger partial charge >= 0.3 is 5.97 Å². The highest BCUT2D eigenvalue weighted by Gasteiger charge is 2.12. The fourth-order valence-electron chi connectivity index (χ4n) is 1.86. The van der Waals surface area contributed by atoms with Gasteiger partial charge < -0.3 is 15.4 Å². The van der Waals surface area contributed by atoms with Crippen molar-refractivity contribution in [3.63, 3.8) is 0 Å². The van der Waals surface area contributed by atoms with E-state index >= 15 is 0 Å². The van der Waals surface area contributed by atoms with Crippen molar-refractivity contribution in [1.29, 1.82) is 0 Å². The van der Waals surface area contributed by atoms with Gasteiger partial charge in [-0.25, -0.2) is 0 Å². The summed E-state index contributed by atoms with van der Waals surface area (Å²) < 4.78 is 4.69. The smallest absolute Gasteiger partial charge is 0.310 e. The SMILES string of the molecule is CCNC(=NCC(C)C(=O)OC)NCCc1ccccc1Cl.I. The van der Waals surface area contributed by atoms with Crippen LogP contribution in [0.1, 0.15) is 19.4 Å². The molecule has 1 atom stereocenters. The molecular weight excluding hydrogens is 429 g/mol. The number of carbonyl (C=O) groups is 1. The number of rotatable bonds is 7. The van der Waals surface area contributed by atoms with Crippen LogP contribution in [-0.4, -0.2) is 38.7 Å². The molecule has 2 N–H and O–H groups in total. The average Bonchev–Trinajstić information content (AvgIpc) is 2.53. The highest BCUT2D eigenvalue weighted by atomic mass is 127. The number of halogens is 2. The number of guanidine groups is 1. The van der Waals surface area contributed by atoms with E-state index in [4.69, 9.17) is 16.3 Å². The second-order valence-corrected chi connectivity index (χ2v) is 5.32. The molecule has 5 nitrogen and oxygen atoms in total. The Bertz CT molecular complexity index is 512. The van der Waals surface area contributed by atoms with Crippen LogP contribution in [0.5, 0.6) is 0 Å². The van der Waals surface area contributed by atoms with Gasteiger partial charge in [0, 0.05) is 18.1 Å². The van der Waals surface area contributed by atoms with Crippen LogP contribution in [0.4, 0.5) is 0 Å². The molecule has 1 aromatic rings. The second-order valence-electron chi connectivity index (χ2n) is 4.91. The fraction of sp³-hybridized carbons (Fsp3) is 0.500. The van der Waals surface area contributed by atoms with E-state index in [9.17, 15) is 4.79 Å². The summed E-state index contributed by atoms with van der Waals surface area (Å²) >= 11 is 6.13. The number of nitrogens with zero attached hydrogens (tertiary/aromatic N) is 1. The van der Waals surface area contributed by atoms with Gasteiger partial charge in [-0.15, -0.1) is 24.0 Å². The van der Waals surface area contributed by atoms with Crippen molar-refractivity contribution in [2.24, 2.45) is 10.9 Å². The normalized spacial score (nSPS) is 12.1. The van der Waals surface area contributed by atoms with E-state index in [0.29, 0.717) is 19.0 Å². The van der Waals surface area contributed by atoms with Crippen LogP contribution in [0.15, 0.2) is 29.3 Å². The number of hydrogen-bond donors (Lipinski definition) is 2. The predicted octanol–water partition coefficient (Wildman–Crippen LogP) is 2.86. The summed E-state index contributed by atoms with van der Waals surface area (Å²) in [4.78, 5) is 15.8. The lowest BCUT2D eigenvalue weighted by atomic mass is 10.1. The van der Waals surface area contributed by atoms with Crippen molar-refractivity contribution >= 4 is 47.5 Å². The lowest BCUT2D eigenvalue weighted by molar-refractivity contribution is -0.144. The molecule has 1 aromatic carbocycles. The highest BCUT2D eigenvalue weighted by Crippen LogP contribution is 2.14. The van der Waals surface area contributed by atoms with Crippen LogP contribution in [-0.2, 0) is 16.0 Å². The Morgan fingerprint density at radius 3 is 2.65 bits per heavy atom. The average molecular weight is 454 g/mol. The molecule has 0 aliphatic heterocycles. The maximum Gasteiger partial charge on any atom is 0.310 e. The Kier molecular flexibility index (Phi) is 11.9. The minimum atomic E-state index is -0.260. The van der Waals surface area contributed by atoms with Gasteiger partial charge in [0.25, 0.3) is 0 Å². The molecule has 0 radical (unpaired) electrons. The lowest BCUT2D eigenvalue weighted by Crippen LogP contribution is -2.38. The number of esters is 1. The first-order valence-electron chi connectivity index (χ1n) is 7.41. The van der Waals surface area contributed by atoms with Gasteiger partial charge in [-0.05, 0) is 25.0 Å². The highest BCUT2D eigenvalue weighted by molar-refractivity contribution is 14.0. The van der Waals surface area contributed by atoms with Crippen LogP contribution in [0.3, 0.4) is 0 Å². The zero-order chi connectivity index (χ0) is 16.4. The largest absolute Gasteiger partial charge is 0.469 e. The Labute approximate surface area is 160 Å². The molecule has 0 amide bonds. The molecule has 7 heteroatoms. The lowest BCUT2D eigenvalue weighted by Gasteiger charge is -2.13. The monoisotopic (exact) mass is 453 g/mol. The Morgan fingerprint density at radius 1 is 1.35 bits per heavy atom. The van der Waals surface area contributed by atoms with Crippen molar-refractivity contribution in [3.05, 3.63) is 34.9 Å². The van der Waals surface area contributed by atoms with E-state index in [2.05, 4.69) is 15.6 Å².